The minimum atomic E-state index is -0.185. The third-order valence-electron chi connectivity index (χ3n) is 8.38. The topological polar surface area (TPSA) is 34.1 Å². The molecule has 2 heteroatoms. The zero-order valence-electron chi connectivity index (χ0n) is 16.7. The molecule has 2 nitrogen and oxygen atoms in total. The van der Waals surface area contributed by atoms with Crippen LogP contribution in [0.3, 0.4) is 0 Å². The van der Waals surface area contributed by atoms with Crippen LogP contribution in [0, 0.1) is 34.5 Å². The summed E-state index contributed by atoms with van der Waals surface area (Å²) in [5.74, 6) is 2.18. The molecule has 2 saturated carbocycles. The first kappa shape index (κ1) is 17.9. The smallest absolute Gasteiger partial charge is 0.164 e. The highest BCUT2D eigenvalue weighted by Crippen LogP contribution is 2.62. The maximum atomic E-state index is 12.7. The number of Topliss-reactive ketones (excluding diaryl/α,β-unsaturated/α-hetero) is 1. The van der Waals surface area contributed by atoms with Gasteiger partial charge in [0, 0.05) is 22.8 Å². The summed E-state index contributed by atoms with van der Waals surface area (Å²) >= 11 is 0. The van der Waals surface area contributed by atoms with E-state index in [1.165, 1.54) is 17.4 Å². The minimum Gasteiger partial charge on any atom is -0.303 e. The molecule has 0 aliphatic heterocycles. The van der Waals surface area contributed by atoms with Crippen LogP contribution in [0.1, 0.15) is 66.2 Å². The van der Waals surface area contributed by atoms with Gasteiger partial charge in [-0.05, 0) is 73.8 Å². The van der Waals surface area contributed by atoms with Crippen LogP contribution in [0.2, 0.25) is 0 Å². The molecular weight excluding hydrogens is 320 g/mol. The molecule has 4 aliphatic rings. The Balaban J connectivity index is 1.91. The summed E-state index contributed by atoms with van der Waals surface area (Å²) in [5.41, 5.74) is 4.23. The van der Waals surface area contributed by atoms with Gasteiger partial charge in [-0.2, -0.15) is 0 Å². The summed E-state index contributed by atoms with van der Waals surface area (Å²) in [4.78, 5) is 25.1. The van der Waals surface area contributed by atoms with Crippen molar-refractivity contribution in [1.29, 1.82) is 0 Å². The number of allylic oxidation sites excluding steroid dienone is 5. The van der Waals surface area contributed by atoms with Crippen molar-refractivity contribution in [3.63, 3.8) is 0 Å². The number of ketones is 1. The molecule has 140 valence electrons. The van der Waals surface area contributed by atoms with Gasteiger partial charge in [0.1, 0.15) is 6.29 Å². The number of carbonyl (C=O) groups excluding carboxylic acids is 2. The predicted octanol–water partition coefficient (Wildman–Crippen LogP) is 5.45. The molecule has 4 rings (SSSR count). The van der Waals surface area contributed by atoms with Crippen molar-refractivity contribution in [3.05, 3.63) is 34.9 Å². The molecule has 2 fully saturated rings. The molecule has 0 saturated heterocycles. The van der Waals surface area contributed by atoms with Crippen LogP contribution in [0.4, 0.5) is 0 Å². The molecule has 0 amide bonds. The van der Waals surface area contributed by atoms with Gasteiger partial charge >= 0.3 is 0 Å². The van der Waals surface area contributed by atoms with Crippen molar-refractivity contribution in [2.45, 2.75) is 66.2 Å². The van der Waals surface area contributed by atoms with E-state index in [0.717, 1.165) is 43.3 Å². The van der Waals surface area contributed by atoms with Gasteiger partial charge in [-0.3, -0.25) is 4.79 Å². The molecule has 0 bridgehead atoms. The third-order valence-corrected chi connectivity index (χ3v) is 8.38. The van der Waals surface area contributed by atoms with Gasteiger partial charge in [0.2, 0.25) is 0 Å². The van der Waals surface area contributed by atoms with Crippen molar-refractivity contribution >= 4 is 12.1 Å². The fourth-order valence-corrected chi connectivity index (χ4v) is 6.78. The Kier molecular flexibility index (Phi) is 3.99. The summed E-state index contributed by atoms with van der Waals surface area (Å²) in [7, 11) is 0. The van der Waals surface area contributed by atoms with E-state index in [2.05, 4.69) is 33.4 Å². The van der Waals surface area contributed by atoms with Gasteiger partial charge in [-0.1, -0.05) is 39.0 Å². The first-order chi connectivity index (χ1) is 12.2. The zero-order chi connectivity index (χ0) is 18.9. The lowest BCUT2D eigenvalue weighted by Gasteiger charge is -2.42. The van der Waals surface area contributed by atoms with Crippen LogP contribution in [-0.4, -0.2) is 12.1 Å². The molecule has 0 aromatic rings. The van der Waals surface area contributed by atoms with E-state index in [9.17, 15) is 9.59 Å². The van der Waals surface area contributed by atoms with E-state index in [4.69, 9.17) is 0 Å². The maximum absolute atomic E-state index is 12.7. The van der Waals surface area contributed by atoms with E-state index < -0.39 is 0 Å². The molecule has 0 N–H and O–H groups in total. The summed E-state index contributed by atoms with van der Waals surface area (Å²) in [6.07, 6.45) is 9.75. The molecule has 0 spiro atoms. The Hall–Kier alpha value is -1.44. The van der Waals surface area contributed by atoms with E-state index in [1.807, 2.05) is 6.92 Å². The highest BCUT2D eigenvalue weighted by atomic mass is 16.1. The average molecular weight is 353 g/mol. The lowest BCUT2D eigenvalue weighted by atomic mass is 9.61. The average Bonchev–Trinajstić information content (AvgIpc) is 2.99. The van der Waals surface area contributed by atoms with Crippen molar-refractivity contribution in [1.82, 2.24) is 0 Å². The SMILES string of the molecule is C=C(C)C1=C2C=C3[C@@H](C[C@]2(C)CC1=O)[C@H](C)CC[C@@]1(C=O)[C@H](C)CC[C@H]31. The molecule has 0 aromatic heterocycles. The number of aldehydes is 1. The molecule has 6 atom stereocenters. The Labute approximate surface area is 157 Å². The second-order valence-corrected chi connectivity index (χ2v) is 9.96. The fraction of sp³-hybridized carbons (Fsp3) is 0.667. The van der Waals surface area contributed by atoms with E-state index >= 15 is 0 Å². The second kappa shape index (κ2) is 5.78. The van der Waals surface area contributed by atoms with Crippen LogP contribution >= 0.6 is 0 Å². The minimum absolute atomic E-state index is 0.0494. The van der Waals surface area contributed by atoms with Gasteiger partial charge in [0.05, 0.1) is 0 Å². The van der Waals surface area contributed by atoms with Crippen LogP contribution in [0.15, 0.2) is 34.9 Å². The van der Waals surface area contributed by atoms with E-state index in [0.29, 0.717) is 30.1 Å². The Morgan fingerprint density at radius 2 is 2.00 bits per heavy atom. The van der Waals surface area contributed by atoms with Gasteiger partial charge in [0.25, 0.3) is 0 Å². The number of hydrogen-bond donors (Lipinski definition) is 0. The highest BCUT2D eigenvalue weighted by Gasteiger charge is 2.56. The summed E-state index contributed by atoms with van der Waals surface area (Å²) < 4.78 is 0. The standard InChI is InChI=1S/C24H32O2/c1-14(2)22-20-10-17-18(11-23(20,5)12-21(22)26)15(3)8-9-24(13-25)16(4)6-7-19(17)24/h10,13,15-16,18-19H,1,6-9,11-12H2,2-5H3/t15-,16-,18+,19-,23-,24-/m1/s1. The fourth-order valence-electron chi connectivity index (χ4n) is 6.78. The van der Waals surface area contributed by atoms with Crippen LogP contribution in [0.5, 0.6) is 0 Å². The molecular formula is C24H32O2. The summed E-state index contributed by atoms with van der Waals surface area (Å²) in [6, 6.07) is 0. The molecule has 4 aliphatic carbocycles. The normalized spacial score (nSPS) is 44.8. The summed E-state index contributed by atoms with van der Waals surface area (Å²) in [5, 5.41) is 0. The van der Waals surface area contributed by atoms with Crippen LogP contribution in [-0.2, 0) is 9.59 Å². The van der Waals surface area contributed by atoms with Crippen LogP contribution < -0.4 is 0 Å². The Bertz CT molecular complexity index is 754. The summed E-state index contributed by atoms with van der Waals surface area (Å²) in [6.45, 7) is 12.9. The zero-order valence-corrected chi connectivity index (χ0v) is 16.7. The number of fused-ring (bicyclic) bond motifs is 4. The molecule has 0 radical (unpaired) electrons. The van der Waals surface area contributed by atoms with Crippen molar-refractivity contribution in [2.24, 2.45) is 34.5 Å². The number of hydrogen-bond acceptors (Lipinski definition) is 2. The van der Waals surface area contributed by atoms with Gasteiger partial charge in [0.15, 0.2) is 5.78 Å². The van der Waals surface area contributed by atoms with Crippen molar-refractivity contribution in [3.8, 4) is 0 Å². The quantitative estimate of drug-likeness (QED) is 0.620. The highest BCUT2D eigenvalue weighted by molar-refractivity contribution is 6.04. The van der Waals surface area contributed by atoms with Crippen molar-refractivity contribution < 1.29 is 9.59 Å². The monoisotopic (exact) mass is 352 g/mol. The van der Waals surface area contributed by atoms with Gasteiger partial charge in [-0.25, -0.2) is 0 Å². The van der Waals surface area contributed by atoms with Gasteiger partial charge in [-0.15, -0.1) is 0 Å². The molecule has 0 heterocycles. The molecule has 26 heavy (non-hydrogen) atoms. The molecule has 0 unspecified atom stereocenters. The van der Waals surface area contributed by atoms with Crippen LogP contribution in [0.25, 0.3) is 0 Å². The second-order valence-electron chi connectivity index (χ2n) is 9.96. The van der Waals surface area contributed by atoms with E-state index in [1.54, 1.807) is 0 Å². The number of rotatable bonds is 2. The largest absolute Gasteiger partial charge is 0.303 e. The first-order valence-corrected chi connectivity index (χ1v) is 10.3. The molecule has 0 aromatic carbocycles. The third kappa shape index (κ3) is 2.23. The predicted molar refractivity (Wildman–Crippen MR) is 105 cm³/mol. The van der Waals surface area contributed by atoms with Crippen molar-refractivity contribution in [2.75, 3.05) is 0 Å². The maximum Gasteiger partial charge on any atom is 0.164 e. The van der Waals surface area contributed by atoms with Gasteiger partial charge < -0.3 is 4.79 Å². The lowest BCUT2D eigenvalue weighted by Crippen LogP contribution is -2.36. The Morgan fingerprint density at radius 1 is 1.27 bits per heavy atom. The lowest BCUT2D eigenvalue weighted by molar-refractivity contribution is -0.120. The number of carbonyl (C=O) groups is 2. The Morgan fingerprint density at radius 3 is 2.65 bits per heavy atom. The first-order valence-electron chi connectivity index (χ1n) is 10.3. The van der Waals surface area contributed by atoms with E-state index in [-0.39, 0.29) is 16.6 Å².